The number of hydrogen-bond acceptors (Lipinski definition) is 5. The van der Waals surface area contributed by atoms with Gasteiger partial charge in [0.15, 0.2) is 0 Å². The highest BCUT2D eigenvalue weighted by molar-refractivity contribution is 5.79. The molecule has 3 N–H and O–H groups in total. The zero-order valence-corrected chi connectivity index (χ0v) is 15.6. The van der Waals surface area contributed by atoms with Crippen LogP contribution in [0.1, 0.15) is 22.4 Å². The Labute approximate surface area is 164 Å². The minimum absolute atomic E-state index is 0.197. The van der Waals surface area contributed by atoms with E-state index < -0.39 is 0 Å². The summed E-state index contributed by atoms with van der Waals surface area (Å²) >= 11 is 0. The smallest absolute Gasteiger partial charge is 0.142 e. The fraction of sp³-hybridized carbons (Fsp3) is 0.217. The van der Waals surface area contributed by atoms with Gasteiger partial charge in [-0.2, -0.15) is 5.26 Å². The lowest BCUT2D eigenvalue weighted by Gasteiger charge is -2.30. The molecule has 28 heavy (non-hydrogen) atoms. The second-order valence-corrected chi connectivity index (χ2v) is 7.09. The Balaban J connectivity index is 1.67. The summed E-state index contributed by atoms with van der Waals surface area (Å²) in [5.41, 5.74) is 11.6. The Hall–Kier alpha value is -3.36. The molecule has 1 aromatic heterocycles. The van der Waals surface area contributed by atoms with Gasteiger partial charge in [0.2, 0.25) is 0 Å². The number of nitrogens with zero attached hydrogens (tertiary/aromatic N) is 3. The number of phenols is 1. The van der Waals surface area contributed by atoms with Crippen LogP contribution in [-0.4, -0.2) is 28.1 Å². The average molecular weight is 370 g/mol. The highest BCUT2D eigenvalue weighted by Gasteiger charge is 2.25. The third kappa shape index (κ3) is 3.55. The summed E-state index contributed by atoms with van der Waals surface area (Å²) in [6.07, 6.45) is 1.79. The molecule has 140 valence electrons. The summed E-state index contributed by atoms with van der Waals surface area (Å²) in [4.78, 5) is 6.92. The van der Waals surface area contributed by atoms with Crippen molar-refractivity contribution in [2.45, 2.75) is 19.4 Å². The normalized spacial score (nSPS) is 13.7. The number of pyridine rings is 1. The number of anilines is 1. The van der Waals surface area contributed by atoms with Crippen molar-refractivity contribution >= 4 is 5.82 Å². The van der Waals surface area contributed by atoms with Gasteiger partial charge in [0.1, 0.15) is 23.2 Å². The maximum absolute atomic E-state index is 9.70. The molecule has 0 saturated heterocycles. The molecular formula is C23H22N4O. The van der Waals surface area contributed by atoms with Gasteiger partial charge in [0.05, 0.1) is 0 Å². The Morgan fingerprint density at radius 2 is 1.86 bits per heavy atom. The number of fused-ring (bicyclic) bond motifs is 1. The Bertz CT molecular complexity index is 1020. The summed E-state index contributed by atoms with van der Waals surface area (Å²) in [5.74, 6) is 0.477. The monoisotopic (exact) mass is 370 g/mol. The van der Waals surface area contributed by atoms with Crippen molar-refractivity contribution in [3.05, 3.63) is 77.0 Å². The molecule has 5 heteroatoms. The lowest BCUT2D eigenvalue weighted by atomic mass is 9.91. The van der Waals surface area contributed by atoms with E-state index in [-0.39, 0.29) is 11.6 Å². The molecule has 0 spiro atoms. The molecule has 0 bridgehead atoms. The van der Waals surface area contributed by atoms with Crippen LogP contribution in [0.15, 0.2) is 54.6 Å². The van der Waals surface area contributed by atoms with E-state index in [1.807, 2.05) is 18.2 Å². The topological polar surface area (TPSA) is 86.2 Å². The van der Waals surface area contributed by atoms with E-state index in [2.05, 4.69) is 40.2 Å². The number of nitrogens with two attached hydrogens (primary N) is 1. The molecule has 0 fully saturated rings. The van der Waals surface area contributed by atoms with Crippen LogP contribution < -0.4 is 5.73 Å². The van der Waals surface area contributed by atoms with E-state index in [1.54, 1.807) is 12.1 Å². The van der Waals surface area contributed by atoms with Gasteiger partial charge in [-0.25, -0.2) is 4.98 Å². The van der Waals surface area contributed by atoms with E-state index in [9.17, 15) is 10.4 Å². The fourth-order valence-electron chi connectivity index (χ4n) is 3.82. The number of rotatable bonds is 4. The van der Waals surface area contributed by atoms with E-state index in [0.717, 1.165) is 54.9 Å². The van der Waals surface area contributed by atoms with Gasteiger partial charge in [-0.3, -0.25) is 4.90 Å². The maximum atomic E-state index is 9.70. The van der Waals surface area contributed by atoms with E-state index >= 15 is 0 Å². The van der Waals surface area contributed by atoms with Crippen LogP contribution in [-0.2, 0) is 19.4 Å². The predicted octanol–water partition coefficient (Wildman–Crippen LogP) is 3.51. The first-order chi connectivity index (χ1) is 13.7. The summed E-state index contributed by atoms with van der Waals surface area (Å²) in [6.45, 7) is 2.61. The highest BCUT2D eigenvalue weighted by atomic mass is 16.3. The second kappa shape index (κ2) is 7.71. The Kier molecular flexibility index (Phi) is 4.96. The van der Waals surface area contributed by atoms with Gasteiger partial charge < -0.3 is 10.8 Å². The summed E-state index contributed by atoms with van der Waals surface area (Å²) < 4.78 is 0. The van der Waals surface area contributed by atoms with Crippen LogP contribution in [0.3, 0.4) is 0 Å². The third-order valence-corrected chi connectivity index (χ3v) is 5.29. The van der Waals surface area contributed by atoms with Crippen molar-refractivity contribution in [3.63, 3.8) is 0 Å². The SMILES string of the molecule is N#Cc1c(N)nc2c(c1-c1ccc(O)cc1)CN(CCc1ccccc1)CC2. The molecule has 0 amide bonds. The van der Waals surface area contributed by atoms with Crippen LogP contribution >= 0.6 is 0 Å². The summed E-state index contributed by atoms with van der Waals surface area (Å²) in [6, 6.07) is 19.6. The molecule has 2 aromatic carbocycles. The summed E-state index contributed by atoms with van der Waals surface area (Å²) in [7, 11) is 0. The Morgan fingerprint density at radius 1 is 1.11 bits per heavy atom. The zero-order valence-electron chi connectivity index (χ0n) is 15.6. The number of aromatic hydroxyl groups is 1. The van der Waals surface area contributed by atoms with Crippen molar-refractivity contribution in [2.24, 2.45) is 0 Å². The molecule has 0 radical (unpaired) electrons. The van der Waals surface area contributed by atoms with Crippen LogP contribution in [0.25, 0.3) is 11.1 Å². The molecule has 1 aliphatic heterocycles. The molecular weight excluding hydrogens is 348 g/mol. The molecule has 4 rings (SSSR count). The molecule has 0 atom stereocenters. The standard InChI is InChI=1S/C23H22N4O/c24-14-19-22(17-6-8-18(28)9-7-17)20-15-27(13-11-21(20)26-23(19)25)12-10-16-4-2-1-3-5-16/h1-9,28H,10-13,15H2,(H2,25,26). The number of aromatic nitrogens is 1. The van der Waals surface area contributed by atoms with E-state index in [1.165, 1.54) is 5.56 Å². The van der Waals surface area contributed by atoms with E-state index in [0.29, 0.717) is 5.56 Å². The minimum atomic E-state index is 0.197. The van der Waals surface area contributed by atoms with Crippen LogP contribution in [0.4, 0.5) is 5.82 Å². The Morgan fingerprint density at radius 3 is 2.57 bits per heavy atom. The highest BCUT2D eigenvalue weighted by Crippen LogP contribution is 2.35. The first-order valence-electron chi connectivity index (χ1n) is 9.42. The van der Waals surface area contributed by atoms with Gasteiger partial charge in [-0.05, 0) is 35.2 Å². The molecule has 0 aliphatic carbocycles. The molecule has 0 unspecified atom stereocenters. The lowest BCUT2D eigenvalue weighted by Crippen LogP contribution is -2.33. The first-order valence-corrected chi connectivity index (χ1v) is 9.42. The largest absolute Gasteiger partial charge is 0.508 e. The number of phenolic OH excluding ortho intramolecular Hbond substituents is 1. The van der Waals surface area contributed by atoms with Gasteiger partial charge in [0.25, 0.3) is 0 Å². The average Bonchev–Trinajstić information content (AvgIpc) is 2.73. The first kappa shape index (κ1) is 18.0. The molecule has 1 aliphatic rings. The summed E-state index contributed by atoms with van der Waals surface area (Å²) in [5, 5.41) is 19.3. The molecule has 3 aromatic rings. The van der Waals surface area contributed by atoms with Crippen molar-refractivity contribution in [1.29, 1.82) is 5.26 Å². The quantitative estimate of drug-likeness (QED) is 0.734. The van der Waals surface area contributed by atoms with Gasteiger partial charge in [-0.1, -0.05) is 42.5 Å². The van der Waals surface area contributed by atoms with Gasteiger partial charge in [-0.15, -0.1) is 0 Å². The molecule has 2 heterocycles. The van der Waals surface area contributed by atoms with E-state index in [4.69, 9.17) is 5.73 Å². The number of nitrogen functional groups attached to an aromatic ring is 1. The molecule has 0 saturated carbocycles. The van der Waals surface area contributed by atoms with Crippen LogP contribution in [0.5, 0.6) is 5.75 Å². The number of nitriles is 1. The van der Waals surface area contributed by atoms with Gasteiger partial charge in [0, 0.05) is 37.3 Å². The van der Waals surface area contributed by atoms with Crippen molar-refractivity contribution < 1.29 is 5.11 Å². The fourth-order valence-corrected chi connectivity index (χ4v) is 3.82. The molecule has 5 nitrogen and oxygen atoms in total. The van der Waals surface area contributed by atoms with Crippen LogP contribution in [0, 0.1) is 11.3 Å². The lowest BCUT2D eigenvalue weighted by molar-refractivity contribution is 0.255. The van der Waals surface area contributed by atoms with Crippen molar-refractivity contribution in [1.82, 2.24) is 9.88 Å². The number of hydrogen-bond donors (Lipinski definition) is 2. The minimum Gasteiger partial charge on any atom is -0.508 e. The van der Waals surface area contributed by atoms with Gasteiger partial charge >= 0.3 is 0 Å². The van der Waals surface area contributed by atoms with Crippen molar-refractivity contribution in [2.75, 3.05) is 18.8 Å². The third-order valence-electron chi connectivity index (χ3n) is 5.29. The van der Waals surface area contributed by atoms with Crippen molar-refractivity contribution in [3.8, 4) is 22.9 Å². The predicted molar refractivity (Wildman–Crippen MR) is 110 cm³/mol. The second-order valence-electron chi connectivity index (χ2n) is 7.09. The maximum Gasteiger partial charge on any atom is 0.142 e. The van der Waals surface area contributed by atoms with Crippen LogP contribution in [0.2, 0.25) is 0 Å². The zero-order chi connectivity index (χ0) is 19.5. The number of benzene rings is 2.